The highest BCUT2D eigenvalue weighted by Crippen LogP contribution is 2.19. The fourth-order valence-electron chi connectivity index (χ4n) is 1.43. The number of nitrogens with one attached hydrogen (secondary N) is 3. The molecule has 1 fully saturated rings. The van der Waals surface area contributed by atoms with Gasteiger partial charge >= 0.3 is 0 Å². The highest BCUT2D eigenvalue weighted by molar-refractivity contribution is 5.83. The lowest BCUT2D eigenvalue weighted by molar-refractivity contribution is -0.128. The second-order valence-corrected chi connectivity index (χ2v) is 5.08. The van der Waals surface area contributed by atoms with Gasteiger partial charge in [-0.25, -0.2) is 0 Å². The predicted molar refractivity (Wildman–Crippen MR) is 70.0 cm³/mol. The van der Waals surface area contributed by atoms with Gasteiger partial charge in [0, 0.05) is 19.6 Å². The zero-order valence-electron chi connectivity index (χ0n) is 11.3. The van der Waals surface area contributed by atoms with Crippen molar-refractivity contribution < 1.29 is 4.79 Å². The SMILES string of the molecule is CCNC(=NCC(C)(C)C(=O)NC)NC1CC1. The Bertz CT molecular complexity index is 295. The maximum Gasteiger partial charge on any atom is 0.227 e. The molecule has 1 saturated carbocycles. The summed E-state index contributed by atoms with van der Waals surface area (Å²) < 4.78 is 0. The first kappa shape index (κ1) is 13.8. The highest BCUT2D eigenvalue weighted by atomic mass is 16.2. The van der Waals surface area contributed by atoms with Crippen LogP contribution in [0.1, 0.15) is 33.6 Å². The monoisotopic (exact) mass is 240 g/mol. The summed E-state index contributed by atoms with van der Waals surface area (Å²) in [6, 6.07) is 0.566. The van der Waals surface area contributed by atoms with Crippen LogP contribution in [0.2, 0.25) is 0 Å². The van der Waals surface area contributed by atoms with Crippen molar-refractivity contribution in [3.8, 4) is 0 Å². The average molecular weight is 240 g/mol. The molecule has 0 aliphatic heterocycles. The summed E-state index contributed by atoms with van der Waals surface area (Å²) in [7, 11) is 1.65. The largest absolute Gasteiger partial charge is 0.359 e. The van der Waals surface area contributed by atoms with E-state index in [1.165, 1.54) is 12.8 Å². The lowest BCUT2D eigenvalue weighted by atomic mass is 9.93. The quantitative estimate of drug-likeness (QED) is 0.483. The van der Waals surface area contributed by atoms with E-state index in [-0.39, 0.29) is 5.91 Å². The highest BCUT2D eigenvalue weighted by Gasteiger charge is 2.27. The van der Waals surface area contributed by atoms with Gasteiger partial charge in [0.1, 0.15) is 0 Å². The van der Waals surface area contributed by atoms with Crippen LogP contribution in [0.4, 0.5) is 0 Å². The molecule has 17 heavy (non-hydrogen) atoms. The van der Waals surface area contributed by atoms with Gasteiger partial charge in [-0.05, 0) is 33.6 Å². The minimum Gasteiger partial charge on any atom is -0.359 e. The number of carbonyl (C=O) groups excluding carboxylic acids is 1. The van der Waals surface area contributed by atoms with Gasteiger partial charge in [0.25, 0.3) is 0 Å². The Morgan fingerprint density at radius 2 is 2.06 bits per heavy atom. The molecular formula is C12H24N4O. The molecule has 0 unspecified atom stereocenters. The minimum absolute atomic E-state index is 0.0171. The van der Waals surface area contributed by atoms with Crippen LogP contribution in [-0.2, 0) is 4.79 Å². The van der Waals surface area contributed by atoms with Crippen molar-refractivity contribution in [1.29, 1.82) is 0 Å². The topological polar surface area (TPSA) is 65.5 Å². The van der Waals surface area contributed by atoms with E-state index in [1.807, 2.05) is 20.8 Å². The predicted octanol–water partition coefficient (Wildman–Crippen LogP) is 0.476. The number of nitrogens with zero attached hydrogens (tertiary/aromatic N) is 1. The van der Waals surface area contributed by atoms with Crippen molar-refractivity contribution in [2.75, 3.05) is 20.1 Å². The number of hydrogen-bond donors (Lipinski definition) is 3. The van der Waals surface area contributed by atoms with E-state index < -0.39 is 5.41 Å². The van der Waals surface area contributed by atoms with Crippen molar-refractivity contribution >= 4 is 11.9 Å². The number of carbonyl (C=O) groups is 1. The lowest BCUT2D eigenvalue weighted by Gasteiger charge is -2.21. The molecule has 0 spiro atoms. The van der Waals surface area contributed by atoms with Gasteiger partial charge in [0.05, 0.1) is 12.0 Å². The van der Waals surface area contributed by atoms with Gasteiger partial charge in [-0.15, -0.1) is 0 Å². The molecular weight excluding hydrogens is 216 g/mol. The number of rotatable bonds is 5. The second-order valence-electron chi connectivity index (χ2n) is 5.08. The third-order valence-corrected chi connectivity index (χ3v) is 2.74. The minimum atomic E-state index is -0.472. The summed E-state index contributed by atoms with van der Waals surface area (Å²) in [6.45, 7) is 7.15. The zero-order valence-corrected chi connectivity index (χ0v) is 11.3. The van der Waals surface area contributed by atoms with Crippen LogP contribution >= 0.6 is 0 Å². The first-order valence-corrected chi connectivity index (χ1v) is 6.26. The van der Waals surface area contributed by atoms with E-state index in [0.29, 0.717) is 12.6 Å². The van der Waals surface area contributed by atoms with Crippen molar-refractivity contribution in [3.63, 3.8) is 0 Å². The molecule has 0 atom stereocenters. The van der Waals surface area contributed by atoms with E-state index in [9.17, 15) is 4.79 Å². The van der Waals surface area contributed by atoms with Crippen molar-refractivity contribution in [1.82, 2.24) is 16.0 Å². The molecule has 1 rings (SSSR count). The summed E-state index contributed by atoms with van der Waals surface area (Å²) in [4.78, 5) is 16.1. The molecule has 1 aliphatic carbocycles. The van der Waals surface area contributed by atoms with Crippen LogP contribution in [0.5, 0.6) is 0 Å². The molecule has 5 heteroatoms. The molecule has 0 aromatic rings. The molecule has 0 heterocycles. The normalized spacial score (nSPS) is 16.6. The smallest absolute Gasteiger partial charge is 0.227 e. The molecule has 0 radical (unpaired) electrons. The number of aliphatic imine (C=N–C) groups is 1. The number of amides is 1. The van der Waals surface area contributed by atoms with E-state index in [2.05, 4.69) is 20.9 Å². The Morgan fingerprint density at radius 3 is 2.53 bits per heavy atom. The lowest BCUT2D eigenvalue weighted by Crippen LogP contribution is -2.41. The Labute approximate surface area is 103 Å². The third-order valence-electron chi connectivity index (χ3n) is 2.74. The summed E-state index contributed by atoms with van der Waals surface area (Å²) in [6.07, 6.45) is 2.42. The van der Waals surface area contributed by atoms with Gasteiger partial charge < -0.3 is 16.0 Å². The number of guanidine groups is 1. The van der Waals surface area contributed by atoms with E-state index in [4.69, 9.17) is 0 Å². The molecule has 98 valence electrons. The summed E-state index contributed by atoms with van der Waals surface area (Å²) in [5, 5.41) is 9.18. The van der Waals surface area contributed by atoms with Crippen molar-refractivity contribution in [3.05, 3.63) is 0 Å². The van der Waals surface area contributed by atoms with Crippen LogP contribution < -0.4 is 16.0 Å². The van der Waals surface area contributed by atoms with Crippen LogP contribution in [0, 0.1) is 5.41 Å². The van der Waals surface area contributed by atoms with Crippen LogP contribution in [0.15, 0.2) is 4.99 Å². The van der Waals surface area contributed by atoms with Gasteiger partial charge in [-0.2, -0.15) is 0 Å². The van der Waals surface area contributed by atoms with Crippen molar-refractivity contribution in [2.45, 2.75) is 39.7 Å². The molecule has 3 N–H and O–H groups in total. The molecule has 1 amide bonds. The standard InChI is InChI=1S/C12H24N4O/c1-5-14-11(16-9-6-7-9)15-8-12(2,3)10(17)13-4/h9H,5-8H2,1-4H3,(H,13,17)(H2,14,15,16). The Kier molecular flexibility index (Phi) is 4.78. The van der Waals surface area contributed by atoms with Crippen LogP contribution in [-0.4, -0.2) is 38.0 Å². The Balaban J connectivity index is 2.53. The summed E-state index contributed by atoms with van der Waals surface area (Å²) >= 11 is 0. The van der Waals surface area contributed by atoms with Gasteiger partial charge in [-0.3, -0.25) is 9.79 Å². The van der Waals surface area contributed by atoms with Gasteiger partial charge in [-0.1, -0.05) is 0 Å². The summed E-state index contributed by atoms with van der Waals surface area (Å²) in [5.41, 5.74) is -0.472. The average Bonchev–Trinajstić information content (AvgIpc) is 3.09. The fraction of sp³-hybridized carbons (Fsp3) is 0.833. The first-order valence-electron chi connectivity index (χ1n) is 6.26. The number of hydrogen-bond acceptors (Lipinski definition) is 2. The van der Waals surface area contributed by atoms with Gasteiger partial charge in [0.15, 0.2) is 5.96 Å². The molecule has 0 aromatic heterocycles. The summed E-state index contributed by atoms with van der Waals surface area (Å²) in [5.74, 6) is 0.829. The van der Waals surface area contributed by atoms with E-state index in [1.54, 1.807) is 7.05 Å². The maximum absolute atomic E-state index is 11.6. The maximum atomic E-state index is 11.6. The van der Waals surface area contributed by atoms with E-state index >= 15 is 0 Å². The molecule has 5 nitrogen and oxygen atoms in total. The first-order chi connectivity index (χ1) is 7.99. The third kappa shape index (κ3) is 4.63. The second kappa shape index (κ2) is 5.89. The van der Waals surface area contributed by atoms with Gasteiger partial charge in [0.2, 0.25) is 5.91 Å². The molecule has 1 aliphatic rings. The Hall–Kier alpha value is -1.26. The molecule has 0 saturated heterocycles. The van der Waals surface area contributed by atoms with Crippen LogP contribution in [0.25, 0.3) is 0 Å². The Morgan fingerprint density at radius 1 is 1.41 bits per heavy atom. The molecule has 0 bridgehead atoms. The fourth-order valence-corrected chi connectivity index (χ4v) is 1.43. The zero-order chi connectivity index (χ0) is 12.9. The van der Waals surface area contributed by atoms with Crippen molar-refractivity contribution in [2.24, 2.45) is 10.4 Å². The van der Waals surface area contributed by atoms with E-state index in [0.717, 1.165) is 12.5 Å². The van der Waals surface area contributed by atoms with Crippen LogP contribution in [0.3, 0.4) is 0 Å². The molecule has 0 aromatic carbocycles.